The average molecular weight is 278 g/mol. The molecule has 0 bridgehead atoms. The van der Waals surface area contributed by atoms with Gasteiger partial charge in [0.2, 0.25) is 5.91 Å². The number of carbonyl (C=O) groups is 1. The molecule has 0 atom stereocenters. The first kappa shape index (κ1) is 12.1. The van der Waals surface area contributed by atoms with Gasteiger partial charge in [-0.1, -0.05) is 12.1 Å². The number of benzene rings is 1. The van der Waals surface area contributed by atoms with Crippen LogP contribution in [0.2, 0.25) is 0 Å². The fourth-order valence-electron chi connectivity index (χ4n) is 2.88. The summed E-state index contributed by atoms with van der Waals surface area (Å²) in [6, 6.07) is 7.73. The van der Waals surface area contributed by atoms with E-state index < -0.39 is 0 Å². The number of para-hydroxylation sites is 2. The number of aromatic nitrogens is 4. The van der Waals surface area contributed by atoms with Crippen LogP contribution in [0, 0.1) is 6.92 Å². The van der Waals surface area contributed by atoms with Crippen molar-refractivity contribution < 1.29 is 4.79 Å². The number of fused-ring (bicyclic) bond motifs is 3. The van der Waals surface area contributed by atoms with Crippen molar-refractivity contribution in [1.82, 2.24) is 19.3 Å². The Bertz CT molecular complexity index is 914. The third-order valence-electron chi connectivity index (χ3n) is 3.82. The molecular formula is C16H14N4O. The Morgan fingerprint density at radius 1 is 1.29 bits per heavy atom. The van der Waals surface area contributed by atoms with Crippen molar-refractivity contribution >= 4 is 28.6 Å². The minimum atomic E-state index is 0.0755. The number of hydrogen-bond acceptors (Lipinski definition) is 3. The van der Waals surface area contributed by atoms with Gasteiger partial charge >= 0.3 is 0 Å². The van der Waals surface area contributed by atoms with E-state index in [2.05, 4.69) is 10.1 Å². The maximum Gasteiger partial charge on any atom is 0.237 e. The van der Waals surface area contributed by atoms with Crippen LogP contribution in [-0.4, -0.2) is 25.2 Å². The highest BCUT2D eigenvalue weighted by Crippen LogP contribution is 2.32. The van der Waals surface area contributed by atoms with Crippen LogP contribution in [0.4, 0.5) is 0 Å². The Hall–Kier alpha value is -2.69. The number of imidazole rings is 1. The van der Waals surface area contributed by atoms with Gasteiger partial charge in [0.05, 0.1) is 23.1 Å². The first-order valence-electron chi connectivity index (χ1n) is 6.85. The number of hydrogen-bond donors (Lipinski definition) is 0. The van der Waals surface area contributed by atoms with Crippen molar-refractivity contribution in [3.05, 3.63) is 47.5 Å². The van der Waals surface area contributed by atoms with Crippen molar-refractivity contribution in [2.45, 2.75) is 13.3 Å². The standard InChI is InChI=1S/C16H14N4O/c1-10-12(9-19(2)18-10)7-11-8-15(21)20-14-6-4-3-5-13(14)17-16(11)20/h3-7,9H,8H2,1-2H3/b11-7+. The Morgan fingerprint density at radius 3 is 2.86 bits per heavy atom. The second kappa shape index (κ2) is 4.15. The zero-order valence-corrected chi connectivity index (χ0v) is 11.9. The molecule has 0 amide bonds. The zero-order chi connectivity index (χ0) is 14.6. The van der Waals surface area contributed by atoms with E-state index in [4.69, 9.17) is 0 Å². The molecule has 1 aliphatic heterocycles. The summed E-state index contributed by atoms with van der Waals surface area (Å²) >= 11 is 0. The fourth-order valence-corrected chi connectivity index (χ4v) is 2.88. The fraction of sp³-hybridized carbons (Fsp3) is 0.188. The van der Waals surface area contributed by atoms with Crippen molar-refractivity contribution in [1.29, 1.82) is 0 Å². The lowest BCUT2D eigenvalue weighted by molar-refractivity contribution is 0.0935. The van der Waals surface area contributed by atoms with E-state index in [0.29, 0.717) is 6.42 Å². The predicted octanol–water partition coefficient (Wildman–Crippen LogP) is 2.66. The Labute approximate surface area is 121 Å². The highest BCUT2D eigenvalue weighted by Gasteiger charge is 2.28. The highest BCUT2D eigenvalue weighted by molar-refractivity contribution is 6.06. The average Bonchev–Trinajstić information content (AvgIpc) is 3.06. The van der Waals surface area contributed by atoms with Crippen LogP contribution in [0.1, 0.15) is 28.3 Å². The highest BCUT2D eigenvalue weighted by atomic mass is 16.2. The number of rotatable bonds is 1. The molecule has 3 aromatic rings. The summed E-state index contributed by atoms with van der Waals surface area (Å²) in [6.45, 7) is 1.96. The van der Waals surface area contributed by atoms with Crippen LogP contribution in [0.25, 0.3) is 22.7 Å². The number of carbonyl (C=O) groups excluding carboxylic acids is 1. The summed E-state index contributed by atoms with van der Waals surface area (Å²) in [6.07, 6.45) is 4.37. The van der Waals surface area contributed by atoms with E-state index >= 15 is 0 Å². The molecule has 1 aliphatic rings. The van der Waals surface area contributed by atoms with Gasteiger partial charge in [-0.05, 0) is 25.1 Å². The molecule has 5 heteroatoms. The van der Waals surface area contributed by atoms with Crippen LogP contribution in [0.15, 0.2) is 30.5 Å². The quantitative estimate of drug-likeness (QED) is 0.687. The van der Waals surface area contributed by atoms with Gasteiger partial charge in [0.25, 0.3) is 0 Å². The first-order chi connectivity index (χ1) is 10.1. The normalized spacial score (nSPS) is 16.1. The van der Waals surface area contributed by atoms with Crippen LogP contribution >= 0.6 is 0 Å². The molecule has 0 fully saturated rings. The second-order valence-electron chi connectivity index (χ2n) is 5.34. The number of allylic oxidation sites excluding steroid dienone is 1. The molecule has 0 unspecified atom stereocenters. The summed E-state index contributed by atoms with van der Waals surface area (Å²) in [5.74, 6) is 0.830. The lowest BCUT2D eigenvalue weighted by Crippen LogP contribution is -2.02. The maximum absolute atomic E-state index is 12.3. The third-order valence-corrected chi connectivity index (χ3v) is 3.82. The van der Waals surface area contributed by atoms with Gasteiger partial charge in [-0.2, -0.15) is 5.10 Å². The molecule has 4 rings (SSSR count). The molecule has 21 heavy (non-hydrogen) atoms. The van der Waals surface area contributed by atoms with Gasteiger partial charge in [0.1, 0.15) is 5.82 Å². The van der Waals surface area contributed by atoms with Crippen LogP contribution in [0.5, 0.6) is 0 Å². The van der Waals surface area contributed by atoms with Gasteiger partial charge in [-0.15, -0.1) is 0 Å². The smallest absolute Gasteiger partial charge is 0.237 e. The molecule has 1 aromatic carbocycles. The molecule has 0 radical (unpaired) electrons. The molecule has 2 aromatic heterocycles. The molecule has 0 N–H and O–H groups in total. The SMILES string of the molecule is Cc1nn(C)cc1/C=C1\CC(=O)n2c1nc1ccccc12. The second-order valence-corrected chi connectivity index (χ2v) is 5.34. The Kier molecular flexibility index (Phi) is 2.39. The monoisotopic (exact) mass is 278 g/mol. The summed E-state index contributed by atoms with van der Waals surface area (Å²) in [7, 11) is 1.89. The largest absolute Gasteiger partial charge is 0.275 e. The molecule has 0 saturated heterocycles. The molecule has 0 saturated carbocycles. The minimum absolute atomic E-state index is 0.0755. The number of aryl methyl sites for hydroxylation is 2. The van der Waals surface area contributed by atoms with Crippen LogP contribution in [-0.2, 0) is 7.05 Å². The maximum atomic E-state index is 12.3. The van der Waals surface area contributed by atoms with E-state index in [-0.39, 0.29) is 5.91 Å². The summed E-state index contributed by atoms with van der Waals surface area (Å²) in [5.41, 5.74) is 4.67. The molecule has 5 nitrogen and oxygen atoms in total. The van der Waals surface area contributed by atoms with Crippen LogP contribution < -0.4 is 0 Å². The summed E-state index contributed by atoms with van der Waals surface area (Å²) in [5, 5.41) is 4.33. The van der Waals surface area contributed by atoms with E-state index in [1.54, 1.807) is 9.25 Å². The lowest BCUT2D eigenvalue weighted by atomic mass is 10.1. The van der Waals surface area contributed by atoms with Crippen LogP contribution in [0.3, 0.4) is 0 Å². The van der Waals surface area contributed by atoms with E-state index in [9.17, 15) is 4.79 Å². The molecule has 0 spiro atoms. The molecule has 104 valence electrons. The van der Waals surface area contributed by atoms with E-state index in [1.807, 2.05) is 50.5 Å². The molecular weight excluding hydrogens is 264 g/mol. The van der Waals surface area contributed by atoms with Crippen molar-refractivity contribution in [2.24, 2.45) is 7.05 Å². The van der Waals surface area contributed by atoms with Crippen molar-refractivity contribution in [3.63, 3.8) is 0 Å². The first-order valence-corrected chi connectivity index (χ1v) is 6.85. The third kappa shape index (κ3) is 1.74. The predicted molar refractivity (Wildman–Crippen MR) is 80.8 cm³/mol. The van der Waals surface area contributed by atoms with E-state index in [0.717, 1.165) is 33.7 Å². The van der Waals surface area contributed by atoms with Gasteiger partial charge in [-0.25, -0.2) is 4.98 Å². The van der Waals surface area contributed by atoms with Crippen molar-refractivity contribution in [2.75, 3.05) is 0 Å². The van der Waals surface area contributed by atoms with Gasteiger partial charge < -0.3 is 0 Å². The Balaban J connectivity index is 1.92. The lowest BCUT2D eigenvalue weighted by Gasteiger charge is -1.94. The van der Waals surface area contributed by atoms with Gasteiger partial charge in [-0.3, -0.25) is 14.0 Å². The topological polar surface area (TPSA) is 52.7 Å². The Morgan fingerprint density at radius 2 is 2.10 bits per heavy atom. The summed E-state index contributed by atoms with van der Waals surface area (Å²) < 4.78 is 3.49. The zero-order valence-electron chi connectivity index (χ0n) is 11.9. The van der Waals surface area contributed by atoms with Gasteiger partial charge in [0, 0.05) is 24.4 Å². The minimum Gasteiger partial charge on any atom is -0.275 e. The molecule has 0 aliphatic carbocycles. The van der Waals surface area contributed by atoms with Gasteiger partial charge in [0.15, 0.2) is 0 Å². The van der Waals surface area contributed by atoms with Crippen molar-refractivity contribution in [3.8, 4) is 0 Å². The van der Waals surface area contributed by atoms with E-state index in [1.165, 1.54) is 0 Å². The number of nitrogens with zero attached hydrogens (tertiary/aromatic N) is 4. The summed E-state index contributed by atoms with van der Waals surface area (Å²) in [4.78, 5) is 16.9. The molecule has 3 heterocycles.